The molecule has 0 aliphatic carbocycles. The van der Waals surface area contributed by atoms with Crippen molar-refractivity contribution in [3.05, 3.63) is 65.2 Å². The SMILES string of the molecule is CC(=O)N[C@@H]1C(OCCOCCOCCNC(=O)c2cc(NC(=O)CNC(=O)CCCCCCCCCCC(=O)OCc3ccccc3)cc(C(=O)NCCOCCOCCOC3O[C@H](COC(C)=O)[C@H](OC(C)=O)[C@H](OC(C)=O)[C@H]3NC(C)=O)c2)O[C@@H](COC(C)=O)[C@@H](O)[C@H]1O. The molecule has 2 aromatic rings. The van der Waals surface area contributed by atoms with E-state index in [1.165, 1.54) is 39.0 Å². The van der Waals surface area contributed by atoms with E-state index in [2.05, 4.69) is 31.9 Å². The monoisotopic (exact) mass is 1380 g/mol. The van der Waals surface area contributed by atoms with E-state index < -0.39 is 121 Å². The van der Waals surface area contributed by atoms with Crippen molar-refractivity contribution in [2.45, 2.75) is 174 Å². The van der Waals surface area contributed by atoms with Crippen LogP contribution in [0.25, 0.3) is 0 Å². The van der Waals surface area contributed by atoms with Crippen LogP contribution in [-0.2, 0) is 111 Å². The van der Waals surface area contributed by atoms with Crippen LogP contribution >= 0.6 is 0 Å². The van der Waals surface area contributed by atoms with Crippen molar-refractivity contribution >= 4 is 71.0 Å². The number of carbonyl (C=O) groups excluding carboxylic acids is 11. The molecule has 8 N–H and O–H groups in total. The Morgan fingerprint density at radius 2 is 0.928 bits per heavy atom. The first-order valence-electron chi connectivity index (χ1n) is 32.3. The molecular weight excluding hydrogens is 1280 g/mol. The Bertz CT molecular complexity index is 2800. The van der Waals surface area contributed by atoms with Crippen LogP contribution in [0.2, 0.25) is 0 Å². The van der Waals surface area contributed by atoms with Gasteiger partial charge in [-0.25, -0.2) is 0 Å². The number of carbonyl (C=O) groups is 11. The number of aliphatic hydroxyl groups is 2. The average Bonchev–Trinajstić information content (AvgIpc) is 0.798. The number of hydrogen-bond acceptors (Lipinski definition) is 26. The fraction of sp³-hybridized carbons (Fsp3) is 0.646. The molecular formula is C65H96N6O26. The summed E-state index contributed by atoms with van der Waals surface area (Å²) in [5, 5.41) is 36.9. The lowest BCUT2D eigenvalue weighted by Gasteiger charge is -2.44. The van der Waals surface area contributed by atoms with Gasteiger partial charge in [-0.15, -0.1) is 0 Å². The summed E-state index contributed by atoms with van der Waals surface area (Å²) in [7, 11) is 0. The molecule has 2 fully saturated rings. The number of benzene rings is 2. The summed E-state index contributed by atoms with van der Waals surface area (Å²) in [4.78, 5) is 136. The van der Waals surface area contributed by atoms with Crippen LogP contribution in [0.1, 0.15) is 132 Å². The number of amides is 6. The van der Waals surface area contributed by atoms with Gasteiger partial charge in [-0.1, -0.05) is 68.9 Å². The minimum absolute atomic E-state index is 0.00432. The molecule has 6 amide bonds. The molecule has 32 nitrogen and oxygen atoms in total. The largest absolute Gasteiger partial charge is 0.463 e. The molecule has 0 aromatic heterocycles. The predicted octanol–water partition coefficient (Wildman–Crippen LogP) is 1.12. The van der Waals surface area contributed by atoms with Crippen LogP contribution in [-0.4, -0.2) is 236 Å². The maximum absolute atomic E-state index is 13.5. The number of aliphatic hydroxyl groups excluding tert-OH is 2. The van der Waals surface area contributed by atoms with Gasteiger partial charge in [0.15, 0.2) is 24.8 Å². The zero-order valence-corrected chi connectivity index (χ0v) is 56.0. The lowest BCUT2D eigenvalue weighted by Crippen LogP contribution is -2.66. The van der Waals surface area contributed by atoms with Crippen molar-refractivity contribution in [2.75, 3.05) is 104 Å². The second kappa shape index (κ2) is 46.4. The minimum Gasteiger partial charge on any atom is -0.463 e. The van der Waals surface area contributed by atoms with Gasteiger partial charge < -0.3 is 104 Å². The number of ether oxygens (including phenoxy) is 13. The predicted molar refractivity (Wildman–Crippen MR) is 339 cm³/mol. The Kier molecular flexibility index (Phi) is 39.1. The molecule has 2 aromatic carbocycles. The van der Waals surface area contributed by atoms with Crippen LogP contribution in [0.15, 0.2) is 48.5 Å². The Hall–Kier alpha value is -7.79. The molecule has 2 unspecified atom stereocenters. The summed E-state index contributed by atoms with van der Waals surface area (Å²) in [6.45, 7) is 6.37. The van der Waals surface area contributed by atoms with Gasteiger partial charge in [0.1, 0.15) is 56.3 Å². The number of anilines is 1. The number of hydrogen-bond donors (Lipinski definition) is 8. The van der Waals surface area contributed by atoms with Gasteiger partial charge in [-0.2, -0.15) is 0 Å². The lowest BCUT2D eigenvalue weighted by molar-refractivity contribution is -0.279. The van der Waals surface area contributed by atoms with Crippen molar-refractivity contribution in [1.82, 2.24) is 26.6 Å². The summed E-state index contributed by atoms with van der Waals surface area (Å²) >= 11 is 0. The first-order valence-corrected chi connectivity index (χ1v) is 32.3. The summed E-state index contributed by atoms with van der Waals surface area (Å²) in [6.07, 6.45) is -2.76. The molecule has 10 atom stereocenters. The second-order valence-electron chi connectivity index (χ2n) is 22.6. The molecule has 32 heteroatoms. The van der Waals surface area contributed by atoms with E-state index in [9.17, 15) is 63.0 Å². The highest BCUT2D eigenvalue weighted by Gasteiger charge is 2.51. The van der Waals surface area contributed by atoms with Crippen molar-refractivity contribution in [2.24, 2.45) is 0 Å². The van der Waals surface area contributed by atoms with Gasteiger partial charge in [0.25, 0.3) is 11.8 Å². The van der Waals surface area contributed by atoms with E-state index in [4.69, 9.17) is 61.6 Å². The van der Waals surface area contributed by atoms with Crippen LogP contribution in [0, 0.1) is 0 Å². The number of nitrogens with one attached hydrogen (secondary N) is 6. The average molecular weight is 1380 g/mol. The number of esters is 5. The zero-order chi connectivity index (χ0) is 70.9. The Morgan fingerprint density at radius 3 is 1.45 bits per heavy atom. The molecule has 2 saturated heterocycles. The van der Waals surface area contributed by atoms with Gasteiger partial charge >= 0.3 is 29.8 Å². The van der Waals surface area contributed by atoms with Crippen LogP contribution in [0.4, 0.5) is 5.69 Å². The van der Waals surface area contributed by atoms with Gasteiger partial charge in [-0.3, -0.25) is 52.7 Å². The van der Waals surface area contributed by atoms with Crippen molar-refractivity contribution in [3.8, 4) is 0 Å². The summed E-state index contributed by atoms with van der Waals surface area (Å²) in [5.41, 5.74) is 1.04. The maximum atomic E-state index is 13.5. The maximum Gasteiger partial charge on any atom is 0.306 e. The van der Waals surface area contributed by atoms with Gasteiger partial charge in [0.05, 0.1) is 72.6 Å². The van der Waals surface area contributed by atoms with E-state index in [0.29, 0.717) is 12.8 Å². The van der Waals surface area contributed by atoms with Crippen molar-refractivity contribution in [1.29, 1.82) is 0 Å². The molecule has 2 aliphatic heterocycles. The first kappa shape index (κ1) is 81.6. The number of rotatable bonds is 46. The summed E-state index contributed by atoms with van der Waals surface area (Å²) in [6, 6.07) is 11.3. The van der Waals surface area contributed by atoms with E-state index in [1.54, 1.807) is 0 Å². The molecule has 97 heavy (non-hydrogen) atoms. The third-order valence-corrected chi connectivity index (χ3v) is 14.4. The van der Waals surface area contributed by atoms with Crippen LogP contribution < -0.4 is 31.9 Å². The van der Waals surface area contributed by atoms with Crippen molar-refractivity contribution < 1.29 is 125 Å². The molecule has 2 heterocycles. The quantitative estimate of drug-likeness (QED) is 0.0261. The lowest BCUT2D eigenvalue weighted by atomic mass is 9.96. The molecule has 0 bridgehead atoms. The highest BCUT2D eigenvalue weighted by molar-refractivity contribution is 6.03. The third-order valence-electron chi connectivity index (χ3n) is 14.4. The third kappa shape index (κ3) is 33.8. The minimum atomic E-state index is -1.50. The molecule has 542 valence electrons. The highest BCUT2D eigenvalue weighted by atomic mass is 16.7. The van der Waals surface area contributed by atoms with E-state index in [-0.39, 0.29) is 134 Å². The smallest absolute Gasteiger partial charge is 0.306 e. The standard InChI is InChI=1S/C65H96N6O26/c1-41(72)69-56-59(82)58(81)51(39-91-43(3)74)96-64(56)89-32-30-87-28-26-85-24-22-66-62(83)48-34-49(36-50(35-48)71-54(79)37-68-53(78)20-16-11-9-7-8-10-12-17-21-55(80)93-38-47-18-14-13-15-19-47)63(84)67-23-25-86-27-29-88-31-33-90-65-57(70-42(2)73)61(95-46(6)77)60(94-45(5)76)52(97-65)40-92-44(4)75/h13-15,18-19,34-36,51-52,56-61,64-65,81-82H,7-12,16-17,20-33,37-40H2,1-6H3,(H,66,83)(H,67,84)(H,68,78)(H,69,72)(H,70,73)(H,71,79)/t51-,52+,56-,57+,58+,59-,60-,61+,64?,65?/m0/s1. The molecule has 0 spiro atoms. The second-order valence-corrected chi connectivity index (χ2v) is 22.6. The summed E-state index contributed by atoms with van der Waals surface area (Å²) < 4.78 is 71.9. The van der Waals surface area contributed by atoms with Gasteiger partial charge in [0, 0.05) is 84.3 Å². The fourth-order valence-corrected chi connectivity index (χ4v) is 9.86. The topological polar surface area (TPSA) is 420 Å². The van der Waals surface area contributed by atoms with E-state index in [0.717, 1.165) is 71.3 Å². The summed E-state index contributed by atoms with van der Waals surface area (Å²) in [5.74, 6) is -6.24. The molecule has 4 rings (SSSR count). The fourth-order valence-electron chi connectivity index (χ4n) is 9.86. The van der Waals surface area contributed by atoms with Gasteiger partial charge in [-0.05, 0) is 36.6 Å². The normalized spacial score (nSPS) is 20.4. The Morgan fingerprint density at radius 1 is 0.464 bits per heavy atom. The Balaban J connectivity index is 1.22. The highest BCUT2D eigenvalue weighted by Crippen LogP contribution is 2.29. The van der Waals surface area contributed by atoms with Crippen molar-refractivity contribution in [3.63, 3.8) is 0 Å². The van der Waals surface area contributed by atoms with Crippen LogP contribution in [0.5, 0.6) is 0 Å². The molecule has 2 aliphatic rings. The number of unbranched alkanes of at least 4 members (excludes halogenated alkanes) is 7. The Labute approximate surface area is 563 Å². The molecule has 0 radical (unpaired) electrons. The van der Waals surface area contributed by atoms with E-state index in [1.807, 2.05) is 30.3 Å². The zero-order valence-electron chi connectivity index (χ0n) is 56.0. The van der Waals surface area contributed by atoms with E-state index >= 15 is 0 Å². The van der Waals surface area contributed by atoms with Gasteiger partial charge in [0.2, 0.25) is 23.6 Å². The first-order chi connectivity index (χ1) is 46.5. The van der Waals surface area contributed by atoms with Crippen LogP contribution in [0.3, 0.4) is 0 Å². The molecule has 0 saturated carbocycles.